The molecule has 0 spiro atoms. The number of anilines is 1. The monoisotopic (exact) mass is 402 g/mol. The lowest BCUT2D eigenvalue weighted by Gasteiger charge is -2.47. The minimum atomic E-state index is -1.18. The van der Waals surface area contributed by atoms with Gasteiger partial charge in [0.05, 0.1) is 12.0 Å². The molecule has 0 saturated heterocycles. The molecule has 2 bridgehead atoms. The zero-order chi connectivity index (χ0) is 19.3. The van der Waals surface area contributed by atoms with Gasteiger partial charge in [0, 0.05) is 17.7 Å². The van der Waals surface area contributed by atoms with Gasteiger partial charge in [-0.1, -0.05) is 24.9 Å². The summed E-state index contributed by atoms with van der Waals surface area (Å²) >= 11 is 0. The molecule has 5 nitrogen and oxygen atoms in total. The molecule has 1 heterocycles. The third-order valence-electron chi connectivity index (χ3n) is 6.95. The van der Waals surface area contributed by atoms with Gasteiger partial charge in [0.2, 0.25) is 0 Å². The highest BCUT2D eigenvalue weighted by Gasteiger charge is 2.42. The predicted molar refractivity (Wildman–Crippen MR) is 112 cm³/mol. The van der Waals surface area contributed by atoms with Crippen molar-refractivity contribution < 1.29 is 13.5 Å². The molecule has 3 saturated carbocycles. The van der Waals surface area contributed by atoms with Crippen LogP contribution in [0.1, 0.15) is 69.8 Å². The maximum absolute atomic E-state index is 11.6. The van der Waals surface area contributed by atoms with Crippen LogP contribution in [0.3, 0.4) is 0 Å². The van der Waals surface area contributed by atoms with Gasteiger partial charge in [0.25, 0.3) is 0 Å². The summed E-state index contributed by atoms with van der Waals surface area (Å²) in [7, 11) is -1.18. The molecule has 1 aromatic heterocycles. The molecule has 4 unspecified atom stereocenters. The summed E-state index contributed by atoms with van der Waals surface area (Å²) in [6.45, 7) is 3.23. The van der Waals surface area contributed by atoms with Crippen molar-refractivity contribution in [3.05, 3.63) is 17.7 Å². The summed E-state index contributed by atoms with van der Waals surface area (Å²) in [6.07, 6.45) is 12.1. The van der Waals surface area contributed by atoms with E-state index in [1.165, 1.54) is 56.9 Å². The van der Waals surface area contributed by atoms with Crippen LogP contribution in [0.4, 0.5) is 5.82 Å². The van der Waals surface area contributed by atoms with Crippen LogP contribution < -0.4 is 9.46 Å². The van der Waals surface area contributed by atoms with Crippen molar-refractivity contribution in [3.8, 4) is 5.75 Å². The fourth-order valence-corrected chi connectivity index (χ4v) is 6.23. The maximum atomic E-state index is 11.6. The summed E-state index contributed by atoms with van der Waals surface area (Å²) in [5, 5.41) is 4.97. The van der Waals surface area contributed by atoms with Crippen molar-refractivity contribution in [1.82, 2.24) is 5.16 Å². The normalized spacial score (nSPS) is 30.9. The van der Waals surface area contributed by atoms with Gasteiger partial charge in [-0.25, -0.2) is 4.21 Å². The third-order valence-corrected chi connectivity index (χ3v) is 7.43. The molecule has 5 rings (SSSR count). The van der Waals surface area contributed by atoms with Gasteiger partial charge < -0.3 is 9.26 Å². The van der Waals surface area contributed by atoms with Crippen molar-refractivity contribution in [2.24, 2.45) is 17.3 Å². The average molecular weight is 403 g/mol. The summed E-state index contributed by atoms with van der Waals surface area (Å²) in [5.74, 6) is 3.79. The van der Waals surface area contributed by atoms with Crippen LogP contribution in [0.2, 0.25) is 0 Å². The van der Waals surface area contributed by atoms with E-state index >= 15 is 0 Å². The van der Waals surface area contributed by atoms with Crippen molar-refractivity contribution in [1.29, 1.82) is 0 Å². The van der Waals surface area contributed by atoms with Crippen molar-refractivity contribution in [2.45, 2.75) is 64.2 Å². The molecule has 152 valence electrons. The minimum Gasteiger partial charge on any atom is -0.493 e. The van der Waals surface area contributed by atoms with E-state index in [-0.39, 0.29) is 0 Å². The maximum Gasteiger partial charge on any atom is 0.189 e. The molecule has 0 radical (unpaired) electrons. The lowest BCUT2D eigenvalue weighted by molar-refractivity contribution is 0.00464. The molecule has 2 aromatic rings. The number of nitrogens with zero attached hydrogens (tertiary/aromatic N) is 1. The minimum absolute atomic E-state index is 0.351. The number of benzene rings is 1. The third kappa shape index (κ3) is 3.56. The number of aromatic nitrogens is 1. The first-order valence-corrected chi connectivity index (χ1v) is 12.2. The molecular weight excluding hydrogens is 372 g/mol. The molecule has 4 atom stereocenters. The SMILES string of the molecule is CC1CC2CCCC(COc3cc4onc(NS(C)=O)c4cc3C3CC3)(C1)C2. The van der Waals surface area contributed by atoms with Crippen LogP contribution in [-0.2, 0) is 11.0 Å². The second kappa shape index (κ2) is 7.05. The number of ether oxygens (including phenoxy) is 1. The Balaban J connectivity index is 1.42. The highest BCUT2D eigenvalue weighted by molar-refractivity contribution is 7.85. The number of fused-ring (bicyclic) bond motifs is 3. The number of nitrogens with one attached hydrogen (secondary N) is 1. The highest BCUT2D eigenvalue weighted by atomic mass is 32.2. The Kier molecular flexibility index (Phi) is 4.65. The zero-order valence-corrected chi connectivity index (χ0v) is 17.6. The first-order valence-electron chi connectivity index (χ1n) is 10.7. The van der Waals surface area contributed by atoms with Crippen molar-refractivity contribution in [3.63, 3.8) is 0 Å². The van der Waals surface area contributed by atoms with E-state index in [4.69, 9.17) is 9.26 Å². The summed E-state index contributed by atoms with van der Waals surface area (Å²) < 4.78 is 26.5. The van der Waals surface area contributed by atoms with Gasteiger partial charge in [-0.3, -0.25) is 4.72 Å². The molecule has 3 fully saturated rings. The van der Waals surface area contributed by atoms with E-state index in [0.717, 1.165) is 29.6 Å². The standard InChI is InChI=1S/C22H30N2O3S/c1-14-8-15-4-3-7-22(11-14,12-15)13-26-19-10-20-18(9-17(19)16-5-6-16)21(23-27-20)24-28(2)25/h9-10,14-16H,3-8,11-13H2,1-2H3,(H,23,24). The molecule has 0 aliphatic heterocycles. The summed E-state index contributed by atoms with van der Waals surface area (Å²) in [6, 6.07) is 4.14. The van der Waals surface area contributed by atoms with Gasteiger partial charge in [-0.2, -0.15) is 0 Å². The fourth-order valence-electron chi connectivity index (χ4n) is 5.81. The van der Waals surface area contributed by atoms with E-state index in [2.05, 4.69) is 22.9 Å². The Morgan fingerprint density at radius 2 is 2.18 bits per heavy atom. The van der Waals surface area contributed by atoms with Crippen LogP contribution in [0, 0.1) is 17.3 Å². The Morgan fingerprint density at radius 3 is 2.96 bits per heavy atom. The number of hydrogen-bond acceptors (Lipinski definition) is 4. The van der Waals surface area contributed by atoms with Crippen molar-refractivity contribution >= 4 is 27.8 Å². The Bertz CT molecular complexity index is 903. The van der Waals surface area contributed by atoms with Crippen molar-refractivity contribution in [2.75, 3.05) is 17.6 Å². The Morgan fingerprint density at radius 1 is 1.32 bits per heavy atom. The van der Waals surface area contributed by atoms with E-state index in [1.54, 1.807) is 6.26 Å². The lowest BCUT2D eigenvalue weighted by Crippen LogP contribution is -2.40. The van der Waals surface area contributed by atoms with Crippen LogP contribution in [-0.4, -0.2) is 22.2 Å². The molecule has 3 aliphatic rings. The van der Waals surface area contributed by atoms with E-state index in [9.17, 15) is 4.21 Å². The second-order valence-electron chi connectivity index (χ2n) is 9.54. The lowest BCUT2D eigenvalue weighted by atomic mass is 9.59. The van der Waals surface area contributed by atoms with Gasteiger partial charge in [0.15, 0.2) is 11.4 Å². The van der Waals surface area contributed by atoms with Crippen LogP contribution in [0.5, 0.6) is 5.75 Å². The van der Waals surface area contributed by atoms with Gasteiger partial charge in [-0.15, -0.1) is 0 Å². The molecule has 3 aliphatic carbocycles. The molecule has 1 N–H and O–H groups in total. The van der Waals surface area contributed by atoms with Crippen LogP contribution >= 0.6 is 0 Å². The first-order chi connectivity index (χ1) is 13.5. The smallest absolute Gasteiger partial charge is 0.189 e. The van der Waals surface area contributed by atoms with Gasteiger partial charge in [0.1, 0.15) is 16.7 Å². The Hall–Kier alpha value is -1.56. The van der Waals surface area contributed by atoms with E-state index in [0.29, 0.717) is 22.7 Å². The van der Waals surface area contributed by atoms with Gasteiger partial charge >= 0.3 is 0 Å². The molecule has 28 heavy (non-hydrogen) atoms. The summed E-state index contributed by atoms with van der Waals surface area (Å²) in [4.78, 5) is 0. The van der Waals surface area contributed by atoms with E-state index < -0.39 is 11.0 Å². The van der Waals surface area contributed by atoms with Crippen LogP contribution in [0.25, 0.3) is 11.0 Å². The molecule has 6 heteroatoms. The Labute approximate surface area is 169 Å². The molecule has 1 aromatic carbocycles. The fraction of sp³-hybridized carbons (Fsp3) is 0.682. The highest BCUT2D eigenvalue weighted by Crippen LogP contribution is 2.52. The number of hydrogen-bond donors (Lipinski definition) is 1. The topological polar surface area (TPSA) is 64.4 Å². The summed E-state index contributed by atoms with van der Waals surface area (Å²) in [5.41, 5.74) is 2.31. The first kappa shape index (κ1) is 18.5. The van der Waals surface area contributed by atoms with E-state index in [1.807, 2.05) is 6.07 Å². The zero-order valence-electron chi connectivity index (χ0n) is 16.8. The largest absolute Gasteiger partial charge is 0.493 e. The molecule has 0 amide bonds. The average Bonchev–Trinajstić information content (AvgIpc) is 3.41. The number of rotatable bonds is 6. The molecular formula is C22H30N2O3S. The quantitative estimate of drug-likeness (QED) is 0.703. The van der Waals surface area contributed by atoms with Gasteiger partial charge in [-0.05, 0) is 67.9 Å². The predicted octanol–water partition coefficient (Wildman–Crippen LogP) is 5.40. The van der Waals surface area contributed by atoms with Crippen LogP contribution in [0.15, 0.2) is 16.7 Å². The second-order valence-corrected chi connectivity index (χ2v) is 10.7.